The SMILES string of the molecule is CC(C)(C)c1ncc(CN2CC(O)(c3ccccc3)C2)s1. The van der Waals surface area contributed by atoms with Gasteiger partial charge in [0.2, 0.25) is 0 Å². The summed E-state index contributed by atoms with van der Waals surface area (Å²) < 4.78 is 0. The second kappa shape index (κ2) is 5.20. The van der Waals surface area contributed by atoms with Gasteiger partial charge in [-0.3, -0.25) is 4.90 Å². The summed E-state index contributed by atoms with van der Waals surface area (Å²) in [6.07, 6.45) is 1.98. The maximum atomic E-state index is 10.6. The lowest BCUT2D eigenvalue weighted by atomic mass is 9.86. The Labute approximate surface area is 130 Å². The topological polar surface area (TPSA) is 36.4 Å². The van der Waals surface area contributed by atoms with Crippen LogP contribution in [-0.2, 0) is 17.6 Å². The standard InChI is InChI=1S/C17H22N2OS/c1-16(2,3)15-18-9-14(21-15)10-19-11-17(20,12-19)13-7-5-4-6-8-13/h4-9,20H,10-12H2,1-3H3. The summed E-state index contributed by atoms with van der Waals surface area (Å²) in [6.45, 7) is 8.83. The normalized spacial score (nSPS) is 18.5. The van der Waals surface area contributed by atoms with Crippen LogP contribution >= 0.6 is 11.3 Å². The van der Waals surface area contributed by atoms with E-state index < -0.39 is 5.60 Å². The van der Waals surface area contributed by atoms with Crippen molar-refractivity contribution in [3.63, 3.8) is 0 Å². The average molecular weight is 302 g/mol. The number of aliphatic hydroxyl groups is 1. The lowest BCUT2D eigenvalue weighted by Crippen LogP contribution is -2.58. The van der Waals surface area contributed by atoms with Gasteiger partial charge < -0.3 is 5.11 Å². The highest BCUT2D eigenvalue weighted by atomic mass is 32.1. The van der Waals surface area contributed by atoms with Crippen molar-refractivity contribution in [1.82, 2.24) is 9.88 Å². The van der Waals surface area contributed by atoms with Crippen LogP contribution in [0, 0.1) is 0 Å². The molecule has 1 fully saturated rings. The molecule has 0 bridgehead atoms. The third-order valence-electron chi connectivity index (χ3n) is 3.86. The molecule has 2 aromatic rings. The van der Waals surface area contributed by atoms with Crippen LogP contribution in [0.5, 0.6) is 0 Å². The number of aromatic nitrogens is 1. The highest BCUT2D eigenvalue weighted by Gasteiger charge is 2.42. The molecule has 1 saturated heterocycles. The molecule has 1 aromatic carbocycles. The van der Waals surface area contributed by atoms with Gasteiger partial charge in [-0.25, -0.2) is 4.98 Å². The largest absolute Gasteiger partial charge is 0.382 e. The number of rotatable bonds is 3. The predicted molar refractivity (Wildman–Crippen MR) is 86.4 cm³/mol. The van der Waals surface area contributed by atoms with E-state index in [0.717, 1.165) is 12.1 Å². The lowest BCUT2D eigenvalue weighted by molar-refractivity contribution is -0.107. The van der Waals surface area contributed by atoms with E-state index in [1.165, 1.54) is 9.88 Å². The van der Waals surface area contributed by atoms with Gasteiger partial charge in [0, 0.05) is 36.1 Å². The fraction of sp³-hybridized carbons (Fsp3) is 0.471. The second-order valence-corrected chi connectivity index (χ2v) is 8.04. The predicted octanol–water partition coefficient (Wildman–Crippen LogP) is 3.14. The molecule has 2 heterocycles. The number of hydrogen-bond acceptors (Lipinski definition) is 4. The zero-order valence-electron chi connectivity index (χ0n) is 12.8. The number of likely N-dealkylation sites (tertiary alicyclic amines) is 1. The zero-order valence-corrected chi connectivity index (χ0v) is 13.7. The first-order chi connectivity index (χ1) is 9.87. The minimum atomic E-state index is -0.682. The quantitative estimate of drug-likeness (QED) is 0.946. The zero-order chi connectivity index (χ0) is 15.1. The van der Waals surface area contributed by atoms with Crippen LogP contribution in [0.4, 0.5) is 0 Å². The maximum absolute atomic E-state index is 10.6. The Morgan fingerprint density at radius 1 is 1.24 bits per heavy atom. The Morgan fingerprint density at radius 2 is 1.90 bits per heavy atom. The van der Waals surface area contributed by atoms with Crippen LogP contribution in [-0.4, -0.2) is 28.1 Å². The van der Waals surface area contributed by atoms with Crippen molar-refractivity contribution in [3.05, 3.63) is 52.0 Å². The maximum Gasteiger partial charge on any atom is 0.115 e. The second-order valence-electron chi connectivity index (χ2n) is 6.92. The van der Waals surface area contributed by atoms with Crippen molar-refractivity contribution in [1.29, 1.82) is 0 Å². The van der Waals surface area contributed by atoms with Gasteiger partial charge >= 0.3 is 0 Å². The van der Waals surface area contributed by atoms with E-state index >= 15 is 0 Å². The number of hydrogen-bond donors (Lipinski definition) is 1. The number of benzene rings is 1. The number of thiazole rings is 1. The molecule has 0 radical (unpaired) electrons. The van der Waals surface area contributed by atoms with E-state index in [1.807, 2.05) is 36.5 Å². The first-order valence-electron chi connectivity index (χ1n) is 7.32. The van der Waals surface area contributed by atoms with Crippen LogP contribution < -0.4 is 0 Å². The van der Waals surface area contributed by atoms with Crippen LogP contribution in [0.1, 0.15) is 36.2 Å². The third-order valence-corrected chi connectivity index (χ3v) is 5.26. The Balaban J connectivity index is 1.61. The molecule has 4 heteroatoms. The molecule has 21 heavy (non-hydrogen) atoms. The molecule has 0 spiro atoms. The van der Waals surface area contributed by atoms with Crippen LogP contribution in [0.15, 0.2) is 36.5 Å². The fourth-order valence-electron chi connectivity index (χ4n) is 2.68. The molecule has 1 N–H and O–H groups in total. The molecule has 1 aromatic heterocycles. The highest BCUT2D eigenvalue weighted by Crippen LogP contribution is 2.34. The van der Waals surface area contributed by atoms with E-state index in [4.69, 9.17) is 0 Å². The summed E-state index contributed by atoms with van der Waals surface area (Å²) in [5.41, 5.74) is 0.447. The average Bonchev–Trinajstić information content (AvgIpc) is 2.86. The number of nitrogens with zero attached hydrogens (tertiary/aromatic N) is 2. The summed E-state index contributed by atoms with van der Waals surface area (Å²) in [5.74, 6) is 0. The highest BCUT2D eigenvalue weighted by molar-refractivity contribution is 7.11. The van der Waals surface area contributed by atoms with E-state index in [1.54, 1.807) is 11.3 Å². The fourth-order valence-corrected chi connectivity index (χ4v) is 3.70. The molecule has 0 unspecified atom stereocenters. The molecule has 0 saturated carbocycles. The first kappa shape index (κ1) is 14.7. The van der Waals surface area contributed by atoms with E-state index in [-0.39, 0.29) is 5.41 Å². The molecular weight excluding hydrogens is 280 g/mol. The van der Waals surface area contributed by atoms with Gasteiger partial charge in [0.05, 0.1) is 5.01 Å². The molecule has 1 aliphatic heterocycles. The smallest absolute Gasteiger partial charge is 0.115 e. The minimum absolute atomic E-state index is 0.114. The molecule has 0 atom stereocenters. The van der Waals surface area contributed by atoms with E-state index in [2.05, 4.69) is 30.7 Å². The summed E-state index contributed by atoms with van der Waals surface area (Å²) in [5, 5.41) is 11.8. The van der Waals surface area contributed by atoms with E-state index in [9.17, 15) is 5.11 Å². The van der Waals surface area contributed by atoms with Gasteiger partial charge in [-0.2, -0.15) is 0 Å². The third kappa shape index (κ3) is 3.03. The summed E-state index contributed by atoms with van der Waals surface area (Å²) in [6, 6.07) is 9.95. The summed E-state index contributed by atoms with van der Waals surface area (Å²) >= 11 is 1.78. The van der Waals surface area contributed by atoms with Crippen molar-refractivity contribution >= 4 is 11.3 Å². The van der Waals surface area contributed by atoms with Gasteiger partial charge in [-0.1, -0.05) is 51.1 Å². The molecule has 3 nitrogen and oxygen atoms in total. The Hall–Kier alpha value is -1.23. The summed E-state index contributed by atoms with van der Waals surface area (Å²) in [7, 11) is 0. The van der Waals surface area contributed by atoms with Crippen LogP contribution in [0.3, 0.4) is 0 Å². The first-order valence-corrected chi connectivity index (χ1v) is 8.14. The van der Waals surface area contributed by atoms with Gasteiger partial charge in [-0.05, 0) is 5.56 Å². The molecule has 0 amide bonds. The minimum Gasteiger partial charge on any atom is -0.382 e. The molecular formula is C17H22N2OS. The number of β-amino-alcohol motifs (C(OH)–C–C–N with tert-alkyl or cyclic N) is 1. The van der Waals surface area contributed by atoms with Crippen molar-refractivity contribution in [2.24, 2.45) is 0 Å². The Morgan fingerprint density at radius 3 is 2.48 bits per heavy atom. The van der Waals surface area contributed by atoms with Crippen molar-refractivity contribution in [3.8, 4) is 0 Å². The monoisotopic (exact) mass is 302 g/mol. The molecule has 1 aliphatic rings. The van der Waals surface area contributed by atoms with Gasteiger partial charge in [0.25, 0.3) is 0 Å². The van der Waals surface area contributed by atoms with Gasteiger partial charge in [0.1, 0.15) is 5.60 Å². The van der Waals surface area contributed by atoms with Gasteiger partial charge in [0.15, 0.2) is 0 Å². The molecule has 112 valence electrons. The van der Waals surface area contributed by atoms with Crippen molar-refractivity contribution < 1.29 is 5.11 Å². The molecule has 3 rings (SSSR count). The Bertz CT molecular complexity index is 609. The van der Waals surface area contributed by atoms with E-state index in [0.29, 0.717) is 13.1 Å². The Kier molecular flexibility index (Phi) is 3.64. The van der Waals surface area contributed by atoms with Crippen LogP contribution in [0.2, 0.25) is 0 Å². The van der Waals surface area contributed by atoms with Crippen molar-refractivity contribution in [2.75, 3.05) is 13.1 Å². The lowest BCUT2D eigenvalue weighted by Gasteiger charge is -2.46. The van der Waals surface area contributed by atoms with Gasteiger partial charge in [-0.15, -0.1) is 11.3 Å². The molecule has 0 aliphatic carbocycles. The van der Waals surface area contributed by atoms with Crippen LogP contribution in [0.25, 0.3) is 0 Å². The summed E-state index contributed by atoms with van der Waals surface area (Å²) in [4.78, 5) is 8.07. The van der Waals surface area contributed by atoms with Crippen molar-refractivity contribution in [2.45, 2.75) is 38.3 Å².